The first-order valence-corrected chi connectivity index (χ1v) is 14.0. The number of aromatic nitrogens is 1. The molecule has 1 saturated heterocycles. The lowest BCUT2D eigenvalue weighted by atomic mass is 9.85. The van der Waals surface area contributed by atoms with Gasteiger partial charge in [0.15, 0.2) is 5.13 Å². The van der Waals surface area contributed by atoms with Gasteiger partial charge in [-0.3, -0.25) is 14.5 Å². The number of amides is 1. The number of carbonyl (C=O) groups is 2. The molecule has 1 amide bonds. The minimum absolute atomic E-state index is 0.0349. The number of rotatable bonds is 3. The molecule has 8 heteroatoms. The maximum Gasteiger partial charge on any atom is 0.301 e. The SMILES string of the molecule is CC1Cc2cc(C(O)=C3C(=O)C(=O)N(c4nc5ccc(Cl)cc5s4)C3c3ccc(C(C)(C)C)cc3)ccc2O1. The standard InChI is InChI=1S/C31H27ClN2O4S/c1-16-13-19-14-18(7-12-23(19)38-16)27(35)25-26(17-5-8-20(9-6-17)31(2,3)4)34(29(37)28(25)36)30-33-22-11-10-21(32)15-24(22)39-30/h5-12,14-16,26,35H,13H2,1-4H3. The highest BCUT2D eigenvalue weighted by Gasteiger charge is 2.48. The Morgan fingerprint density at radius 1 is 1.08 bits per heavy atom. The highest BCUT2D eigenvalue weighted by atomic mass is 35.5. The van der Waals surface area contributed by atoms with Gasteiger partial charge in [0, 0.05) is 17.0 Å². The quantitative estimate of drug-likeness (QED) is 0.163. The fourth-order valence-electron chi connectivity index (χ4n) is 5.22. The van der Waals surface area contributed by atoms with Gasteiger partial charge in [0.1, 0.15) is 17.6 Å². The van der Waals surface area contributed by atoms with Crippen LogP contribution in [0, 0.1) is 0 Å². The van der Waals surface area contributed by atoms with Gasteiger partial charge < -0.3 is 9.84 Å². The van der Waals surface area contributed by atoms with E-state index >= 15 is 0 Å². The molecule has 2 aliphatic rings. The number of thiazole rings is 1. The number of ether oxygens (including phenoxy) is 1. The van der Waals surface area contributed by atoms with Crippen molar-refractivity contribution in [3.05, 3.63) is 93.5 Å². The number of fused-ring (bicyclic) bond motifs is 2. The van der Waals surface area contributed by atoms with E-state index in [0.717, 1.165) is 21.6 Å². The molecular formula is C31H27ClN2O4S. The van der Waals surface area contributed by atoms with Crippen molar-refractivity contribution in [2.75, 3.05) is 4.90 Å². The lowest BCUT2D eigenvalue weighted by Gasteiger charge is -2.24. The number of hydrogen-bond acceptors (Lipinski definition) is 6. The highest BCUT2D eigenvalue weighted by Crippen LogP contribution is 2.45. The Labute approximate surface area is 235 Å². The monoisotopic (exact) mass is 558 g/mol. The predicted molar refractivity (Wildman–Crippen MR) is 155 cm³/mol. The van der Waals surface area contributed by atoms with Gasteiger partial charge in [0.2, 0.25) is 0 Å². The summed E-state index contributed by atoms with van der Waals surface area (Å²) < 4.78 is 6.60. The molecule has 198 valence electrons. The van der Waals surface area contributed by atoms with Gasteiger partial charge in [0.05, 0.1) is 21.8 Å². The smallest absolute Gasteiger partial charge is 0.301 e. The summed E-state index contributed by atoms with van der Waals surface area (Å²) in [7, 11) is 0. The molecule has 0 radical (unpaired) electrons. The summed E-state index contributed by atoms with van der Waals surface area (Å²) in [4.78, 5) is 33.2. The van der Waals surface area contributed by atoms with Gasteiger partial charge in [-0.15, -0.1) is 0 Å². The van der Waals surface area contributed by atoms with E-state index in [1.807, 2.05) is 37.3 Å². The minimum atomic E-state index is -0.849. The zero-order valence-electron chi connectivity index (χ0n) is 22.0. The third-order valence-electron chi connectivity index (χ3n) is 7.25. The third-order valence-corrected chi connectivity index (χ3v) is 8.50. The first kappa shape index (κ1) is 25.6. The Morgan fingerprint density at radius 3 is 2.54 bits per heavy atom. The molecule has 6 rings (SSSR count). The summed E-state index contributed by atoms with van der Waals surface area (Å²) in [5, 5.41) is 12.5. The molecule has 1 aromatic heterocycles. The Hall–Kier alpha value is -3.68. The molecule has 39 heavy (non-hydrogen) atoms. The topological polar surface area (TPSA) is 79.7 Å². The van der Waals surface area contributed by atoms with Crippen LogP contribution < -0.4 is 9.64 Å². The number of Topliss-reactive ketones (excluding diaryl/α,β-unsaturated/α-hetero) is 1. The number of hydrogen-bond donors (Lipinski definition) is 1. The molecule has 3 heterocycles. The van der Waals surface area contributed by atoms with Gasteiger partial charge in [-0.1, -0.05) is 68.0 Å². The van der Waals surface area contributed by atoms with Crippen LogP contribution in [0.25, 0.3) is 16.0 Å². The van der Waals surface area contributed by atoms with E-state index < -0.39 is 17.7 Å². The fraction of sp³-hybridized carbons (Fsp3) is 0.258. The Bertz CT molecular complexity index is 1680. The second-order valence-electron chi connectivity index (χ2n) is 11.1. The van der Waals surface area contributed by atoms with Gasteiger partial charge in [-0.2, -0.15) is 0 Å². The van der Waals surface area contributed by atoms with E-state index in [4.69, 9.17) is 16.3 Å². The molecule has 1 N–H and O–H groups in total. The van der Waals surface area contributed by atoms with Crippen molar-refractivity contribution < 1.29 is 19.4 Å². The average Bonchev–Trinajstić information content (AvgIpc) is 3.55. The van der Waals surface area contributed by atoms with Crippen molar-refractivity contribution >= 4 is 55.7 Å². The van der Waals surface area contributed by atoms with Crippen molar-refractivity contribution in [3.8, 4) is 5.75 Å². The first-order chi connectivity index (χ1) is 18.5. The second kappa shape index (κ2) is 9.21. The number of nitrogens with zero attached hydrogens (tertiary/aromatic N) is 2. The molecule has 0 saturated carbocycles. The largest absolute Gasteiger partial charge is 0.507 e. The average molecular weight is 559 g/mol. The molecule has 0 bridgehead atoms. The maximum absolute atomic E-state index is 13.6. The van der Waals surface area contributed by atoms with Gasteiger partial charge in [0.25, 0.3) is 5.78 Å². The molecule has 6 nitrogen and oxygen atoms in total. The Balaban J connectivity index is 1.53. The number of carbonyl (C=O) groups excluding carboxylic acids is 2. The fourth-order valence-corrected chi connectivity index (χ4v) is 6.49. The van der Waals surface area contributed by atoms with E-state index in [0.29, 0.717) is 33.2 Å². The van der Waals surface area contributed by atoms with Gasteiger partial charge in [-0.25, -0.2) is 4.98 Å². The van der Waals surface area contributed by atoms with Crippen LogP contribution in [0.5, 0.6) is 5.75 Å². The van der Waals surface area contributed by atoms with Crippen molar-refractivity contribution in [3.63, 3.8) is 0 Å². The maximum atomic E-state index is 13.6. The van der Waals surface area contributed by atoms with E-state index in [1.54, 1.807) is 30.3 Å². The lowest BCUT2D eigenvalue weighted by molar-refractivity contribution is -0.132. The lowest BCUT2D eigenvalue weighted by Crippen LogP contribution is -2.29. The van der Waals surface area contributed by atoms with Crippen LogP contribution in [-0.4, -0.2) is 27.9 Å². The first-order valence-electron chi connectivity index (χ1n) is 12.8. The molecule has 0 spiro atoms. The van der Waals surface area contributed by atoms with Crippen LogP contribution in [0.2, 0.25) is 5.02 Å². The molecule has 2 unspecified atom stereocenters. The second-order valence-corrected chi connectivity index (χ2v) is 12.6. The van der Waals surface area contributed by atoms with Crippen molar-refractivity contribution in [2.24, 2.45) is 0 Å². The number of halogens is 1. The van der Waals surface area contributed by atoms with Crippen molar-refractivity contribution in [2.45, 2.75) is 51.7 Å². The van der Waals surface area contributed by atoms with E-state index in [-0.39, 0.29) is 22.9 Å². The summed E-state index contributed by atoms with van der Waals surface area (Å²) >= 11 is 7.48. The molecule has 1 fully saturated rings. The molecule has 4 aromatic rings. The Kier molecular flexibility index (Phi) is 6.04. The molecule has 2 aliphatic heterocycles. The molecule has 3 aromatic carbocycles. The normalized spacial score (nSPS) is 20.5. The number of ketones is 1. The Morgan fingerprint density at radius 2 is 1.82 bits per heavy atom. The predicted octanol–water partition coefficient (Wildman–Crippen LogP) is 7.20. The summed E-state index contributed by atoms with van der Waals surface area (Å²) in [5.41, 5.74) is 3.89. The van der Waals surface area contributed by atoms with E-state index in [1.165, 1.54) is 16.2 Å². The van der Waals surface area contributed by atoms with Crippen LogP contribution in [0.15, 0.2) is 66.2 Å². The van der Waals surface area contributed by atoms with E-state index in [2.05, 4.69) is 25.8 Å². The van der Waals surface area contributed by atoms with Crippen LogP contribution >= 0.6 is 22.9 Å². The van der Waals surface area contributed by atoms with Gasteiger partial charge >= 0.3 is 5.91 Å². The summed E-state index contributed by atoms with van der Waals surface area (Å²) in [6.45, 7) is 8.35. The molecule has 2 atom stereocenters. The number of benzene rings is 3. The zero-order chi connectivity index (χ0) is 27.6. The van der Waals surface area contributed by atoms with Crippen molar-refractivity contribution in [1.29, 1.82) is 0 Å². The van der Waals surface area contributed by atoms with Crippen LogP contribution in [0.4, 0.5) is 5.13 Å². The van der Waals surface area contributed by atoms with Crippen LogP contribution in [0.3, 0.4) is 0 Å². The zero-order valence-corrected chi connectivity index (χ0v) is 23.6. The summed E-state index contributed by atoms with van der Waals surface area (Å²) in [6, 6.07) is 17.7. The van der Waals surface area contributed by atoms with Crippen LogP contribution in [-0.2, 0) is 21.4 Å². The van der Waals surface area contributed by atoms with E-state index in [9.17, 15) is 14.7 Å². The van der Waals surface area contributed by atoms with Gasteiger partial charge in [-0.05, 0) is 65.4 Å². The summed E-state index contributed by atoms with van der Waals surface area (Å²) in [5.74, 6) is -0.932. The van der Waals surface area contributed by atoms with Crippen molar-refractivity contribution in [1.82, 2.24) is 4.98 Å². The number of aliphatic hydroxyl groups is 1. The highest BCUT2D eigenvalue weighted by molar-refractivity contribution is 7.22. The summed E-state index contributed by atoms with van der Waals surface area (Å²) in [6.07, 6.45) is 0.744. The molecular weight excluding hydrogens is 532 g/mol. The third kappa shape index (κ3) is 4.39. The number of aliphatic hydroxyl groups excluding tert-OH is 1. The molecule has 0 aliphatic carbocycles. The minimum Gasteiger partial charge on any atom is -0.507 e. The van der Waals surface area contributed by atoms with Crippen LogP contribution in [0.1, 0.15) is 56.0 Å². The number of anilines is 1.